The van der Waals surface area contributed by atoms with Gasteiger partial charge < -0.3 is 15.4 Å². The lowest BCUT2D eigenvalue weighted by Crippen LogP contribution is -2.52. The van der Waals surface area contributed by atoms with E-state index in [0.717, 1.165) is 19.6 Å². The number of hydrogen-bond donors (Lipinski definition) is 2. The van der Waals surface area contributed by atoms with Gasteiger partial charge in [-0.25, -0.2) is 0 Å². The van der Waals surface area contributed by atoms with Crippen LogP contribution in [0.3, 0.4) is 0 Å². The van der Waals surface area contributed by atoms with E-state index in [-0.39, 0.29) is 29.9 Å². The summed E-state index contributed by atoms with van der Waals surface area (Å²) in [6.07, 6.45) is 0. The Morgan fingerprint density at radius 3 is 3.00 bits per heavy atom. The number of rotatable bonds is 6. The maximum atomic E-state index is 12.2. The van der Waals surface area contributed by atoms with E-state index in [0.29, 0.717) is 12.4 Å². The molecule has 2 rings (SSSR count). The lowest BCUT2D eigenvalue weighted by Gasteiger charge is -2.33. The summed E-state index contributed by atoms with van der Waals surface area (Å²) in [4.78, 5) is 24.9. The van der Waals surface area contributed by atoms with Crippen LogP contribution < -0.4 is 15.4 Å². The summed E-state index contributed by atoms with van der Waals surface area (Å²) in [6.45, 7) is 6.92. The molecule has 1 aromatic carbocycles. The summed E-state index contributed by atoms with van der Waals surface area (Å²) in [6, 6.07) is 4.69. The van der Waals surface area contributed by atoms with Crippen molar-refractivity contribution in [2.45, 2.75) is 19.9 Å². The molecule has 0 aromatic heterocycles. The number of piperazine rings is 1. The summed E-state index contributed by atoms with van der Waals surface area (Å²) < 4.78 is 5.26. The molecule has 8 heteroatoms. The maximum absolute atomic E-state index is 12.2. The number of carbonyl (C=O) groups excluding carboxylic acids is 1. The van der Waals surface area contributed by atoms with Gasteiger partial charge >= 0.3 is 0 Å². The predicted molar refractivity (Wildman–Crippen MR) is 86.8 cm³/mol. The molecular weight excluding hydrogens is 300 g/mol. The van der Waals surface area contributed by atoms with Crippen molar-refractivity contribution in [1.82, 2.24) is 10.2 Å². The van der Waals surface area contributed by atoms with Gasteiger partial charge in [0.1, 0.15) is 11.4 Å². The van der Waals surface area contributed by atoms with E-state index in [2.05, 4.69) is 10.6 Å². The Balaban J connectivity index is 2.06. The molecule has 23 heavy (non-hydrogen) atoms. The first-order valence-corrected chi connectivity index (χ1v) is 7.67. The van der Waals surface area contributed by atoms with E-state index >= 15 is 0 Å². The Labute approximate surface area is 134 Å². The molecule has 0 unspecified atom stereocenters. The van der Waals surface area contributed by atoms with Crippen molar-refractivity contribution < 1.29 is 14.5 Å². The van der Waals surface area contributed by atoms with Crippen molar-refractivity contribution in [3.63, 3.8) is 0 Å². The van der Waals surface area contributed by atoms with Crippen molar-refractivity contribution in [2.24, 2.45) is 0 Å². The zero-order valence-corrected chi connectivity index (χ0v) is 13.4. The lowest BCUT2D eigenvalue weighted by atomic mass is 10.2. The van der Waals surface area contributed by atoms with Crippen molar-refractivity contribution >= 4 is 17.3 Å². The smallest absolute Gasteiger partial charge is 0.296 e. The van der Waals surface area contributed by atoms with Gasteiger partial charge in [-0.15, -0.1) is 0 Å². The van der Waals surface area contributed by atoms with Crippen LogP contribution in [0.15, 0.2) is 18.2 Å². The van der Waals surface area contributed by atoms with E-state index in [1.165, 1.54) is 12.1 Å². The van der Waals surface area contributed by atoms with E-state index in [4.69, 9.17) is 4.74 Å². The average molecular weight is 322 g/mol. The number of amides is 1. The molecule has 1 saturated heterocycles. The van der Waals surface area contributed by atoms with E-state index in [9.17, 15) is 14.9 Å². The van der Waals surface area contributed by atoms with Crippen LogP contribution in [-0.2, 0) is 4.79 Å². The number of nitro groups is 1. The number of nitrogens with zero attached hydrogens (tertiary/aromatic N) is 2. The second-order valence-electron chi connectivity index (χ2n) is 5.44. The maximum Gasteiger partial charge on any atom is 0.296 e. The number of hydrogen-bond acceptors (Lipinski definition) is 6. The summed E-state index contributed by atoms with van der Waals surface area (Å²) >= 11 is 0. The topological polar surface area (TPSA) is 96.7 Å². The monoisotopic (exact) mass is 322 g/mol. The molecule has 0 bridgehead atoms. The number of ether oxygens (including phenoxy) is 1. The Kier molecular flexibility index (Phi) is 5.89. The van der Waals surface area contributed by atoms with Crippen molar-refractivity contribution in [3.8, 4) is 5.75 Å². The lowest BCUT2D eigenvalue weighted by molar-refractivity contribution is -0.384. The molecule has 1 fully saturated rings. The average Bonchev–Trinajstić information content (AvgIpc) is 2.51. The van der Waals surface area contributed by atoms with Gasteiger partial charge in [0.15, 0.2) is 0 Å². The number of benzene rings is 1. The molecule has 1 aliphatic rings. The standard InChI is InChI=1S/C15H22N4O4/c1-3-23-12-4-5-13(14(8-12)19(21)22)17-15(20)10-18-7-6-16-9-11(18)2/h4-5,8,11,16H,3,6-7,9-10H2,1-2H3,(H,17,20)/t11-/m0/s1. The Morgan fingerprint density at radius 1 is 1.57 bits per heavy atom. The third-order valence-electron chi connectivity index (χ3n) is 3.74. The predicted octanol–water partition coefficient (Wildman–Crippen LogP) is 1.23. The number of nitro benzene ring substituents is 1. The summed E-state index contributed by atoms with van der Waals surface area (Å²) in [5.74, 6) is 0.152. The highest BCUT2D eigenvalue weighted by Crippen LogP contribution is 2.29. The number of anilines is 1. The SMILES string of the molecule is CCOc1ccc(NC(=O)CN2CCNC[C@@H]2C)c([N+](=O)[O-])c1. The number of nitrogens with one attached hydrogen (secondary N) is 2. The largest absolute Gasteiger partial charge is 0.494 e. The highest BCUT2D eigenvalue weighted by molar-refractivity contribution is 5.94. The summed E-state index contributed by atoms with van der Waals surface area (Å²) in [5.41, 5.74) is 0.0175. The van der Waals surface area contributed by atoms with Crippen LogP contribution in [0.25, 0.3) is 0 Å². The Bertz CT molecular complexity index is 579. The highest BCUT2D eigenvalue weighted by atomic mass is 16.6. The molecule has 1 aliphatic heterocycles. The van der Waals surface area contributed by atoms with Gasteiger partial charge in [0.05, 0.1) is 24.1 Å². The van der Waals surface area contributed by atoms with Crippen molar-refractivity contribution in [2.75, 3.05) is 38.1 Å². The minimum Gasteiger partial charge on any atom is -0.494 e. The number of carbonyl (C=O) groups is 1. The third-order valence-corrected chi connectivity index (χ3v) is 3.74. The van der Waals surface area contributed by atoms with E-state index in [1.54, 1.807) is 13.0 Å². The van der Waals surface area contributed by atoms with Crippen LogP contribution >= 0.6 is 0 Å². The molecule has 1 heterocycles. The van der Waals surface area contributed by atoms with Crippen LogP contribution in [0, 0.1) is 10.1 Å². The summed E-state index contributed by atoms with van der Waals surface area (Å²) in [5, 5.41) is 17.1. The minimum atomic E-state index is -0.522. The molecule has 0 saturated carbocycles. The highest BCUT2D eigenvalue weighted by Gasteiger charge is 2.22. The Morgan fingerprint density at radius 2 is 2.35 bits per heavy atom. The molecule has 1 aromatic rings. The van der Waals surface area contributed by atoms with Crippen LogP contribution in [-0.4, -0.2) is 54.6 Å². The van der Waals surface area contributed by atoms with Gasteiger partial charge in [-0.2, -0.15) is 0 Å². The molecule has 0 radical (unpaired) electrons. The van der Waals surface area contributed by atoms with E-state index < -0.39 is 4.92 Å². The molecule has 0 spiro atoms. The normalized spacial score (nSPS) is 18.4. The van der Waals surface area contributed by atoms with Crippen molar-refractivity contribution in [1.29, 1.82) is 0 Å². The first-order chi connectivity index (χ1) is 11.0. The first kappa shape index (κ1) is 17.2. The third kappa shape index (κ3) is 4.64. The van der Waals surface area contributed by atoms with Crippen LogP contribution in [0.2, 0.25) is 0 Å². The fourth-order valence-electron chi connectivity index (χ4n) is 2.52. The second-order valence-corrected chi connectivity index (χ2v) is 5.44. The van der Waals surface area contributed by atoms with Crippen molar-refractivity contribution in [3.05, 3.63) is 28.3 Å². The van der Waals surface area contributed by atoms with Gasteiger partial charge in [0, 0.05) is 25.7 Å². The zero-order chi connectivity index (χ0) is 16.8. The molecule has 126 valence electrons. The Hall–Kier alpha value is -2.19. The molecule has 2 N–H and O–H groups in total. The fourth-order valence-corrected chi connectivity index (χ4v) is 2.52. The van der Waals surface area contributed by atoms with Gasteiger partial charge in [-0.3, -0.25) is 19.8 Å². The molecule has 1 atom stereocenters. The first-order valence-electron chi connectivity index (χ1n) is 7.67. The fraction of sp³-hybridized carbons (Fsp3) is 0.533. The van der Waals surface area contributed by atoms with Gasteiger partial charge in [0.2, 0.25) is 5.91 Å². The van der Waals surface area contributed by atoms with E-state index in [1.807, 2.05) is 11.8 Å². The molecule has 8 nitrogen and oxygen atoms in total. The zero-order valence-electron chi connectivity index (χ0n) is 13.4. The van der Waals surface area contributed by atoms with Gasteiger partial charge in [-0.05, 0) is 26.0 Å². The van der Waals surface area contributed by atoms with Gasteiger partial charge in [-0.1, -0.05) is 0 Å². The molecule has 0 aliphatic carbocycles. The van der Waals surface area contributed by atoms with Crippen LogP contribution in [0.5, 0.6) is 5.75 Å². The quantitative estimate of drug-likeness (QED) is 0.604. The molecule has 1 amide bonds. The molecular formula is C15H22N4O4. The van der Waals surface area contributed by atoms with Crippen LogP contribution in [0.1, 0.15) is 13.8 Å². The second kappa shape index (κ2) is 7.89. The van der Waals surface area contributed by atoms with Crippen LogP contribution in [0.4, 0.5) is 11.4 Å². The summed E-state index contributed by atoms with van der Waals surface area (Å²) in [7, 11) is 0. The minimum absolute atomic E-state index is 0.169. The van der Waals surface area contributed by atoms with Gasteiger partial charge in [0.25, 0.3) is 5.69 Å².